The van der Waals surface area contributed by atoms with Gasteiger partial charge in [-0.05, 0) is 33.8 Å². The Labute approximate surface area is 198 Å². The lowest BCUT2D eigenvalue weighted by Gasteiger charge is -2.24. The van der Waals surface area contributed by atoms with Crippen molar-refractivity contribution in [2.45, 2.75) is 39.8 Å². The summed E-state index contributed by atoms with van der Waals surface area (Å²) in [7, 11) is 0. The molecule has 30 heavy (non-hydrogen) atoms. The lowest BCUT2D eigenvalue weighted by Crippen LogP contribution is -2.44. The Morgan fingerprint density at radius 3 is 2.60 bits per heavy atom. The normalized spacial score (nSPS) is 13.4. The van der Waals surface area contributed by atoms with Gasteiger partial charge in [-0.1, -0.05) is 30.3 Å². The number of furan rings is 1. The molecule has 8 heteroatoms. The molecule has 0 spiro atoms. The van der Waals surface area contributed by atoms with Gasteiger partial charge >= 0.3 is 0 Å². The van der Waals surface area contributed by atoms with E-state index in [1.165, 1.54) is 0 Å². The second kappa shape index (κ2) is 10.9. The molecule has 2 heterocycles. The van der Waals surface area contributed by atoms with Gasteiger partial charge in [0.2, 0.25) is 0 Å². The SMILES string of the molecule is CCNC(=NCc1csc(-c2ccccc2)n1)NCC(C)(O)c1cc(C)oc1C.I. The first-order valence-corrected chi connectivity index (χ1v) is 10.6. The minimum atomic E-state index is -1.07. The van der Waals surface area contributed by atoms with E-state index < -0.39 is 5.60 Å². The van der Waals surface area contributed by atoms with Crippen molar-refractivity contribution < 1.29 is 9.52 Å². The van der Waals surface area contributed by atoms with Gasteiger partial charge < -0.3 is 20.2 Å². The fraction of sp³-hybridized carbons (Fsp3) is 0.364. The van der Waals surface area contributed by atoms with Crippen LogP contribution in [-0.4, -0.2) is 29.1 Å². The first-order chi connectivity index (χ1) is 13.9. The molecule has 0 fully saturated rings. The van der Waals surface area contributed by atoms with Gasteiger partial charge in [0.25, 0.3) is 0 Å². The smallest absolute Gasteiger partial charge is 0.191 e. The quantitative estimate of drug-likeness (QED) is 0.232. The average Bonchev–Trinajstić information content (AvgIpc) is 3.31. The van der Waals surface area contributed by atoms with Crippen LogP contribution in [0.5, 0.6) is 0 Å². The highest BCUT2D eigenvalue weighted by molar-refractivity contribution is 14.0. The van der Waals surface area contributed by atoms with E-state index in [1.54, 1.807) is 18.3 Å². The van der Waals surface area contributed by atoms with E-state index in [4.69, 9.17) is 4.42 Å². The van der Waals surface area contributed by atoms with Crippen molar-refractivity contribution in [3.63, 3.8) is 0 Å². The Hall–Kier alpha value is -1.91. The zero-order valence-electron chi connectivity index (χ0n) is 17.7. The summed E-state index contributed by atoms with van der Waals surface area (Å²) < 4.78 is 5.56. The number of hydrogen-bond acceptors (Lipinski definition) is 5. The minimum Gasteiger partial charge on any atom is -0.466 e. The van der Waals surface area contributed by atoms with Gasteiger partial charge in [-0.3, -0.25) is 0 Å². The second-order valence-corrected chi connectivity index (χ2v) is 8.02. The van der Waals surface area contributed by atoms with Crippen molar-refractivity contribution in [3.8, 4) is 10.6 Å². The van der Waals surface area contributed by atoms with Crippen molar-refractivity contribution in [3.05, 3.63) is 64.6 Å². The Balaban J connectivity index is 0.00000320. The summed E-state index contributed by atoms with van der Waals surface area (Å²) in [5.74, 6) is 2.16. The molecule has 3 aromatic rings. The van der Waals surface area contributed by atoms with E-state index in [0.29, 0.717) is 19.0 Å². The molecule has 2 aromatic heterocycles. The van der Waals surface area contributed by atoms with E-state index in [-0.39, 0.29) is 24.0 Å². The van der Waals surface area contributed by atoms with Crippen LogP contribution in [0.15, 0.2) is 51.2 Å². The van der Waals surface area contributed by atoms with Gasteiger partial charge in [0.1, 0.15) is 22.1 Å². The minimum absolute atomic E-state index is 0. The van der Waals surface area contributed by atoms with Gasteiger partial charge in [0.05, 0.1) is 18.8 Å². The second-order valence-electron chi connectivity index (χ2n) is 7.16. The highest BCUT2D eigenvalue weighted by Gasteiger charge is 2.27. The number of nitrogens with zero attached hydrogens (tertiary/aromatic N) is 2. The van der Waals surface area contributed by atoms with E-state index in [0.717, 1.165) is 39.9 Å². The maximum atomic E-state index is 10.9. The summed E-state index contributed by atoms with van der Waals surface area (Å²) in [6.45, 7) is 9.02. The summed E-state index contributed by atoms with van der Waals surface area (Å²) in [4.78, 5) is 9.30. The molecule has 0 saturated heterocycles. The third-order valence-corrected chi connectivity index (χ3v) is 5.48. The number of thiazole rings is 1. The molecule has 0 aliphatic rings. The number of aliphatic imine (C=N–C) groups is 1. The van der Waals surface area contributed by atoms with Crippen molar-refractivity contribution in [1.82, 2.24) is 15.6 Å². The van der Waals surface area contributed by atoms with E-state index >= 15 is 0 Å². The van der Waals surface area contributed by atoms with Crippen molar-refractivity contribution in [2.24, 2.45) is 4.99 Å². The molecule has 1 atom stereocenters. The highest BCUT2D eigenvalue weighted by atomic mass is 127. The molecule has 1 unspecified atom stereocenters. The van der Waals surface area contributed by atoms with Crippen LogP contribution in [0.25, 0.3) is 10.6 Å². The average molecular weight is 540 g/mol. The first kappa shape index (κ1) is 24.4. The molecule has 0 saturated carbocycles. The maximum Gasteiger partial charge on any atom is 0.191 e. The number of rotatable bonds is 7. The summed E-state index contributed by atoms with van der Waals surface area (Å²) in [5.41, 5.74) is 1.74. The highest BCUT2D eigenvalue weighted by Crippen LogP contribution is 2.26. The predicted octanol–water partition coefficient (Wildman–Crippen LogP) is 4.60. The van der Waals surface area contributed by atoms with Crippen LogP contribution in [0.3, 0.4) is 0 Å². The summed E-state index contributed by atoms with van der Waals surface area (Å²) >= 11 is 1.61. The Kier molecular flexibility index (Phi) is 8.87. The molecular weight excluding hydrogens is 511 g/mol. The number of benzene rings is 1. The zero-order valence-corrected chi connectivity index (χ0v) is 20.9. The third-order valence-electron chi connectivity index (χ3n) is 4.54. The van der Waals surface area contributed by atoms with Crippen LogP contribution < -0.4 is 10.6 Å². The van der Waals surface area contributed by atoms with Gasteiger partial charge in [-0.25, -0.2) is 9.98 Å². The Morgan fingerprint density at radius 2 is 1.97 bits per heavy atom. The molecule has 0 radical (unpaired) electrons. The third kappa shape index (κ3) is 6.29. The molecule has 3 rings (SSSR count). The van der Waals surface area contributed by atoms with Crippen LogP contribution in [0.1, 0.15) is 36.6 Å². The fourth-order valence-electron chi connectivity index (χ4n) is 3.11. The molecule has 0 aliphatic carbocycles. The van der Waals surface area contributed by atoms with Crippen LogP contribution in [-0.2, 0) is 12.1 Å². The molecule has 1 aromatic carbocycles. The van der Waals surface area contributed by atoms with Gasteiger partial charge in [0.15, 0.2) is 5.96 Å². The van der Waals surface area contributed by atoms with Crippen LogP contribution in [0.4, 0.5) is 0 Å². The Bertz CT molecular complexity index is 967. The standard InChI is InChI=1S/C22H28N4O2S.HI/c1-5-23-21(25-14-22(4,27)19-11-15(2)28-16(19)3)24-12-18-13-29-20(26-18)17-9-7-6-8-10-17;/h6-11,13,27H,5,12,14H2,1-4H3,(H2,23,24,25);1H. The summed E-state index contributed by atoms with van der Waals surface area (Å²) in [6.07, 6.45) is 0. The molecule has 0 amide bonds. The van der Waals surface area contributed by atoms with Crippen molar-refractivity contribution >= 4 is 41.3 Å². The molecule has 0 aliphatic heterocycles. The number of halogens is 1. The van der Waals surface area contributed by atoms with Crippen LogP contribution in [0.2, 0.25) is 0 Å². The number of hydrogen-bond donors (Lipinski definition) is 3. The van der Waals surface area contributed by atoms with E-state index in [9.17, 15) is 5.11 Å². The van der Waals surface area contributed by atoms with Gasteiger partial charge in [-0.2, -0.15) is 0 Å². The largest absolute Gasteiger partial charge is 0.466 e. The summed E-state index contributed by atoms with van der Waals surface area (Å²) in [5, 5.41) is 20.4. The van der Waals surface area contributed by atoms with Crippen LogP contribution in [0, 0.1) is 13.8 Å². The maximum absolute atomic E-state index is 10.9. The molecule has 162 valence electrons. The number of aliphatic hydroxyl groups is 1. The monoisotopic (exact) mass is 540 g/mol. The van der Waals surface area contributed by atoms with Crippen molar-refractivity contribution in [2.75, 3.05) is 13.1 Å². The van der Waals surface area contributed by atoms with Crippen molar-refractivity contribution in [1.29, 1.82) is 0 Å². The molecule has 0 bridgehead atoms. The number of aryl methyl sites for hydroxylation is 2. The van der Waals surface area contributed by atoms with E-state index in [2.05, 4.69) is 32.7 Å². The molecule has 3 N–H and O–H groups in total. The predicted molar refractivity (Wildman–Crippen MR) is 134 cm³/mol. The topological polar surface area (TPSA) is 82.7 Å². The number of guanidine groups is 1. The molecular formula is C22H29IN4O2S. The number of nitrogens with one attached hydrogen (secondary N) is 2. The van der Waals surface area contributed by atoms with Crippen LogP contribution >= 0.6 is 35.3 Å². The first-order valence-electron chi connectivity index (χ1n) is 9.71. The fourth-order valence-corrected chi connectivity index (χ4v) is 3.93. The zero-order chi connectivity index (χ0) is 20.9. The Morgan fingerprint density at radius 1 is 1.23 bits per heavy atom. The summed E-state index contributed by atoms with van der Waals surface area (Å²) in [6, 6.07) is 12.0. The van der Waals surface area contributed by atoms with Gasteiger partial charge in [0, 0.05) is 23.1 Å². The lowest BCUT2D eigenvalue weighted by atomic mass is 9.96. The lowest BCUT2D eigenvalue weighted by molar-refractivity contribution is 0.0601. The van der Waals surface area contributed by atoms with E-state index in [1.807, 2.05) is 50.4 Å². The number of aromatic nitrogens is 1. The van der Waals surface area contributed by atoms with Gasteiger partial charge in [-0.15, -0.1) is 35.3 Å². The molecule has 6 nitrogen and oxygen atoms in total.